The van der Waals surface area contributed by atoms with Crippen LogP contribution in [0.2, 0.25) is 0 Å². The normalized spacial score (nSPS) is 11.7. The molecule has 2 aromatic carbocycles. The molecule has 1 amide bonds. The van der Waals surface area contributed by atoms with Gasteiger partial charge in [0.2, 0.25) is 5.91 Å². The minimum atomic E-state index is -0.676. The van der Waals surface area contributed by atoms with Gasteiger partial charge in [0, 0.05) is 0 Å². The third kappa shape index (κ3) is 4.78. The first-order valence-electron chi connectivity index (χ1n) is 7.39. The van der Waals surface area contributed by atoms with Crippen LogP contribution in [0.4, 0.5) is 0 Å². The van der Waals surface area contributed by atoms with Gasteiger partial charge in [-0.1, -0.05) is 49.4 Å². The predicted octanol–water partition coefficient (Wildman–Crippen LogP) is 3.72. The van der Waals surface area contributed by atoms with Gasteiger partial charge >= 0.3 is 0 Å². The number of aryl methyl sites for hydroxylation is 1. The molecular formula is C18H20ClNO2. The van der Waals surface area contributed by atoms with Crippen molar-refractivity contribution in [2.24, 2.45) is 0 Å². The number of amides is 1. The van der Waals surface area contributed by atoms with E-state index in [4.69, 9.17) is 16.3 Å². The van der Waals surface area contributed by atoms with E-state index in [1.165, 1.54) is 5.56 Å². The van der Waals surface area contributed by atoms with Gasteiger partial charge in [-0.05, 0) is 29.7 Å². The summed E-state index contributed by atoms with van der Waals surface area (Å²) in [7, 11) is 0. The second-order valence-corrected chi connectivity index (χ2v) is 5.35. The first-order chi connectivity index (χ1) is 10.7. The van der Waals surface area contributed by atoms with E-state index < -0.39 is 5.38 Å². The van der Waals surface area contributed by atoms with Crippen LogP contribution in [0.5, 0.6) is 5.75 Å². The molecule has 22 heavy (non-hydrogen) atoms. The van der Waals surface area contributed by atoms with Crippen molar-refractivity contribution in [1.29, 1.82) is 0 Å². The highest BCUT2D eigenvalue weighted by Gasteiger charge is 2.16. The Morgan fingerprint density at radius 1 is 1.18 bits per heavy atom. The highest BCUT2D eigenvalue weighted by Crippen LogP contribution is 2.19. The van der Waals surface area contributed by atoms with Crippen molar-refractivity contribution in [3.63, 3.8) is 0 Å². The maximum Gasteiger partial charge on any atom is 0.242 e. The predicted molar refractivity (Wildman–Crippen MR) is 89.4 cm³/mol. The van der Waals surface area contributed by atoms with E-state index in [0.29, 0.717) is 13.2 Å². The lowest BCUT2D eigenvalue weighted by Gasteiger charge is -2.12. The summed E-state index contributed by atoms with van der Waals surface area (Å²) < 4.78 is 5.63. The quantitative estimate of drug-likeness (QED) is 0.624. The topological polar surface area (TPSA) is 38.3 Å². The summed E-state index contributed by atoms with van der Waals surface area (Å²) in [5.74, 6) is 0.609. The highest BCUT2D eigenvalue weighted by atomic mass is 35.5. The molecule has 1 unspecified atom stereocenters. The lowest BCUT2D eigenvalue weighted by atomic mass is 10.1. The Kier molecular flexibility index (Phi) is 6.28. The van der Waals surface area contributed by atoms with Gasteiger partial charge in [0.1, 0.15) is 17.7 Å². The Bertz CT molecular complexity index is 601. The molecule has 0 aromatic heterocycles. The zero-order chi connectivity index (χ0) is 15.8. The van der Waals surface area contributed by atoms with Gasteiger partial charge in [0.05, 0.1) is 6.54 Å². The summed E-state index contributed by atoms with van der Waals surface area (Å²) in [4.78, 5) is 12.0. The largest absolute Gasteiger partial charge is 0.492 e. The van der Waals surface area contributed by atoms with Crippen molar-refractivity contribution < 1.29 is 9.53 Å². The number of alkyl halides is 1. The molecule has 1 atom stereocenters. The average molecular weight is 318 g/mol. The molecule has 0 bridgehead atoms. The molecule has 0 spiro atoms. The second-order valence-electron chi connectivity index (χ2n) is 4.91. The number of nitrogens with one attached hydrogen (secondary N) is 1. The van der Waals surface area contributed by atoms with Gasteiger partial charge in [0.25, 0.3) is 0 Å². The molecule has 0 radical (unpaired) electrons. The van der Waals surface area contributed by atoms with Crippen molar-refractivity contribution >= 4 is 17.5 Å². The van der Waals surface area contributed by atoms with Crippen LogP contribution in [-0.4, -0.2) is 19.1 Å². The zero-order valence-electron chi connectivity index (χ0n) is 12.6. The molecular weight excluding hydrogens is 298 g/mol. The molecule has 0 saturated heterocycles. The number of carbonyl (C=O) groups excluding carboxylic acids is 1. The number of ether oxygens (including phenoxy) is 1. The van der Waals surface area contributed by atoms with Crippen LogP contribution in [0, 0.1) is 0 Å². The highest BCUT2D eigenvalue weighted by molar-refractivity contribution is 6.30. The maximum absolute atomic E-state index is 12.0. The maximum atomic E-state index is 12.0. The first kappa shape index (κ1) is 16.4. The van der Waals surface area contributed by atoms with Crippen molar-refractivity contribution in [1.82, 2.24) is 5.32 Å². The Labute approximate surface area is 136 Å². The minimum absolute atomic E-state index is 0.209. The number of carbonyl (C=O) groups is 1. The average Bonchev–Trinajstić information content (AvgIpc) is 2.58. The third-order valence-corrected chi connectivity index (χ3v) is 3.75. The third-order valence-electron chi connectivity index (χ3n) is 3.30. The molecule has 3 nitrogen and oxygen atoms in total. The lowest BCUT2D eigenvalue weighted by molar-refractivity contribution is -0.120. The fourth-order valence-corrected chi connectivity index (χ4v) is 2.28. The molecule has 0 aliphatic carbocycles. The minimum Gasteiger partial charge on any atom is -0.492 e. The number of hydrogen-bond donors (Lipinski definition) is 1. The van der Waals surface area contributed by atoms with Crippen LogP contribution in [0.15, 0.2) is 54.6 Å². The van der Waals surface area contributed by atoms with Crippen LogP contribution in [0.25, 0.3) is 0 Å². The SMILES string of the molecule is CCc1cccc(OCCNC(=O)C(Cl)c2ccccc2)c1. The van der Waals surface area contributed by atoms with Gasteiger partial charge in [-0.3, -0.25) is 4.79 Å². The van der Waals surface area contributed by atoms with E-state index in [9.17, 15) is 4.79 Å². The van der Waals surface area contributed by atoms with Crippen LogP contribution < -0.4 is 10.1 Å². The van der Waals surface area contributed by atoms with E-state index in [2.05, 4.69) is 18.3 Å². The van der Waals surface area contributed by atoms with Crippen molar-refractivity contribution in [2.75, 3.05) is 13.2 Å². The van der Waals surface area contributed by atoms with E-state index >= 15 is 0 Å². The van der Waals surface area contributed by atoms with Gasteiger partial charge in [-0.15, -0.1) is 11.6 Å². The number of halogens is 1. The Morgan fingerprint density at radius 3 is 2.68 bits per heavy atom. The number of hydrogen-bond acceptors (Lipinski definition) is 2. The fourth-order valence-electron chi connectivity index (χ4n) is 2.06. The molecule has 0 aliphatic rings. The molecule has 2 aromatic rings. The van der Waals surface area contributed by atoms with Crippen LogP contribution in [0.1, 0.15) is 23.4 Å². The fraction of sp³-hybridized carbons (Fsp3) is 0.278. The van der Waals surface area contributed by atoms with Crippen molar-refractivity contribution in [2.45, 2.75) is 18.7 Å². The summed E-state index contributed by atoms with van der Waals surface area (Å²) in [6, 6.07) is 17.2. The standard InChI is InChI=1S/C18H20ClNO2/c1-2-14-7-6-10-16(13-14)22-12-11-20-18(21)17(19)15-8-4-3-5-9-15/h3-10,13,17H,2,11-12H2,1H3,(H,20,21). The van der Waals surface area contributed by atoms with Gasteiger partial charge in [-0.25, -0.2) is 0 Å². The van der Waals surface area contributed by atoms with Crippen LogP contribution in [0.3, 0.4) is 0 Å². The van der Waals surface area contributed by atoms with Crippen molar-refractivity contribution in [3.05, 3.63) is 65.7 Å². The summed E-state index contributed by atoms with van der Waals surface area (Å²) in [6.07, 6.45) is 0.971. The van der Waals surface area contributed by atoms with Gasteiger partial charge in [-0.2, -0.15) is 0 Å². The molecule has 0 fully saturated rings. The monoisotopic (exact) mass is 317 g/mol. The molecule has 0 heterocycles. The summed E-state index contributed by atoms with van der Waals surface area (Å²) >= 11 is 6.14. The molecule has 0 aliphatic heterocycles. The van der Waals surface area contributed by atoms with Crippen LogP contribution >= 0.6 is 11.6 Å². The Morgan fingerprint density at radius 2 is 1.95 bits per heavy atom. The smallest absolute Gasteiger partial charge is 0.242 e. The van der Waals surface area contributed by atoms with Crippen molar-refractivity contribution in [3.8, 4) is 5.75 Å². The number of benzene rings is 2. The summed E-state index contributed by atoms with van der Waals surface area (Å²) in [5, 5.41) is 2.11. The Balaban J connectivity index is 1.75. The van der Waals surface area contributed by atoms with Crippen LogP contribution in [-0.2, 0) is 11.2 Å². The molecule has 1 N–H and O–H groups in total. The van der Waals surface area contributed by atoms with E-state index in [-0.39, 0.29) is 5.91 Å². The second kappa shape index (κ2) is 8.44. The molecule has 2 rings (SSSR count). The van der Waals surface area contributed by atoms with Gasteiger partial charge in [0.15, 0.2) is 0 Å². The number of rotatable bonds is 7. The zero-order valence-corrected chi connectivity index (χ0v) is 13.3. The molecule has 4 heteroatoms. The summed E-state index contributed by atoms with van der Waals surface area (Å²) in [6.45, 7) is 2.94. The molecule has 0 saturated carbocycles. The first-order valence-corrected chi connectivity index (χ1v) is 7.83. The Hall–Kier alpha value is -2.00. The van der Waals surface area contributed by atoms with Gasteiger partial charge < -0.3 is 10.1 Å². The van der Waals surface area contributed by atoms with E-state index in [1.807, 2.05) is 48.5 Å². The van der Waals surface area contributed by atoms with E-state index in [0.717, 1.165) is 17.7 Å². The lowest BCUT2D eigenvalue weighted by Crippen LogP contribution is -2.30. The molecule has 116 valence electrons. The summed E-state index contributed by atoms with van der Waals surface area (Å²) in [5.41, 5.74) is 2.02. The van der Waals surface area contributed by atoms with E-state index in [1.54, 1.807) is 0 Å².